The van der Waals surface area contributed by atoms with Gasteiger partial charge in [0.1, 0.15) is 0 Å². The number of rotatable bonds is 6. The van der Waals surface area contributed by atoms with E-state index in [4.69, 9.17) is 0 Å². The van der Waals surface area contributed by atoms with E-state index in [2.05, 4.69) is 33.9 Å². The van der Waals surface area contributed by atoms with Crippen molar-refractivity contribution in [3.05, 3.63) is 78.1 Å². The Labute approximate surface area is 159 Å². The summed E-state index contributed by atoms with van der Waals surface area (Å²) in [6.45, 7) is 7.82. The van der Waals surface area contributed by atoms with Crippen molar-refractivity contribution in [2.75, 3.05) is 32.7 Å². The molecule has 2 heterocycles. The van der Waals surface area contributed by atoms with E-state index in [1.165, 1.54) is 18.0 Å². The third kappa shape index (κ3) is 5.01. The van der Waals surface area contributed by atoms with E-state index < -0.39 is 0 Å². The molecule has 0 saturated carbocycles. The second-order valence-corrected chi connectivity index (χ2v) is 6.51. The fraction of sp³-hybridized carbons (Fsp3) is 0.286. The number of hydrogen-bond donors (Lipinski definition) is 1. The van der Waals surface area contributed by atoms with Crippen LogP contribution in [-0.2, 0) is 6.54 Å². The minimum Gasteiger partial charge on any atom is -0.349 e. The van der Waals surface area contributed by atoms with Crippen LogP contribution in [0.5, 0.6) is 0 Å². The van der Waals surface area contributed by atoms with Crippen LogP contribution in [0.15, 0.2) is 61.4 Å². The third-order valence-corrected chi connectivity index (χ3v) is 4.56. The number of aromatic nitrogens is 1. The Morgan fingerprint density at radius 3 is 2.48 bits per heavy atom. The van der Waals surface area contributed by atoms with E-state index >= 15 is 0 Å². The maximum Gasteiger partial charge on any atom is 0.255 e. The number of nitrogens with one attached hydrogen (secondary N) is 1. The average molecular weight is 364 g/mol. The molecule has 1 N–H and O–H groups in total. The van der Waals surface area contributed by atoms with Gasteiger partial charge in [0.05, 0.1) is 11.1 Å². The van der Waals surface area contributed by atoms with Gasteiger partial charge >= 0.3 is 0 Å². The number of pyridine rings is 1. The normalized spacial score (nSPS) is 14.6. The lowest BCUT2D eigenvalue weighted by Gasteiger charge is -2.34. The largest absolute Gasteiger partial charge is 0.349 e. The molecule has 0 radical (unpaired) electrons. The molecule has 1 saturated heterocycles. The van der Waals surface area contributed by atoms with Crippen LogP contribution in [0.4, 0.5) is 0 Å². The third-order valence-electron chi connectivity index (χ3n) is 4.56. The van der Waals surface area contributed by atoms with Gasteiger partial charge in [-0.2, -0.15) is 0 Å². The van der Waals surface area contributed by atoms with E-state index in [0.29, 0.717) is 30.8 Å². The summed E-state index contributed by atoms with van der Waals surface area (Å²) in [5.41, 5.74) is 2.10. The zero-order chi connectivity index (χ0) is 19.1. The molecule has 0 unspecified atom stereocenters. The molecule has 0 atom stereocenters. The lowest BCUT2D eigenvalue weighted by molar-refractivity contribution is 0.0628. The van der Waals surface area contributed by atoms with Crippen molar-refractivity contribution in [1.29, 1.82) is 0 Å². The van der Waals surface area contributed by atoms with Gasteiger partial charge in [-0.3, -0.25) is 19.5 Å². The van der Waals surface area contributed by atoms with Gasteiger partial charge in [0, 0.05) is 51.7 Å². The molecule has 6 nitrogen and oxygen atoms in total. The molecule has 1 aromatic carbocycles. The monoisotopic (exact) mass is 364 g/mol. The SMILES string of the molecule is C=CCNC(=O)c1cncc(C(=O)N2CCN(Cc3ccccc3)CC2)c1. The quantitative estimate of drug-likeness (QED) is 0.796. The highest BCUT2D eigenvalue weighted by Crippen LogP contribution is 2.12. The lowest BCUT2D eigenvalue weighted by Crippen LogP contribution is -2.48. The van der Waals surface area contributed by atoms with Gasteiger partial charge in [-0.1, -0.05) is 36.4 Å². The number of amides is 2. The molecule has 140 valence electrons. The van der Waals surface area contributed by atoms with Crippen LogP contribution >= 0.6 is 0 Å². The van der Waals surface area contributed by atoms with Crippen LogP contribution in [0.3, 0.4) is 0 Å². The highest BCUT2D eigenvalue weighted by atomic mass is 16.2. The zero-order valence-electron chi connectivity index (χ0n) is 15.3. The van der Waals surface area contributed by atoms with Crippen molar-refractivity contribution in [2.45, 2.75) is 6.54 Å². The summed E-state index contributed by atoms with van der Waals surface area (Å²) in [5, 5.41) is 2.69. The van der Waals surface area contributed by atoms with Gasteiger partial charge in [-0.25, -0.2) is 0 Å². The van der Waals surface area contributed by atoms with Crippen molar-refractivity contribution in [3.63, 3.8) is 0 Å². The van der Waals surface area contributed by atoms with Crippen molar-refractivity contribution in [2.24, 2.45) is 0 Å². The molecular weight excluding hydrogens is 340 g/mol. The molecule has 0 aliphatic carbocycles. The first kappa shape index (κ1) is 18.8. The van der Waals surface area contributed by atoms with Gasteiger partial charge in [0.15, 0.2) is 0 Å². The Morgan fingerprint density at radius 1 is 1.07 bits per heavy atom. The number of nitrogens with zero attached hydrogens (tertiary/aromatic N) is 3. The Balaban J connectivity index is 1.57. The molecule has 1 aliphatic heterocycles. The molecule has 0 spiro atoms. The second-order valence-electron chi connectivity index (χ2n) is 6.51. The molecule has 2 aromatic rings. The van der Waals surface area contributed by atoms with Crippen molar-refractivity contribution in [3.8, 4) is 0 Å². The summed E-state index contributed by atoms with van der Waals surface area (Å²) >= 11 is 0. The van der Waals surface area contributed by atoms with Crippen LogP contribution in [0.1, 0.15) is 26.3 Å². The number of piperazine rings is 1. The maximum absolute atomic E-state index is 12.8. The fourth-order valence-electron chi connectivity index (χ4n) is 3.08. The Kier molecular flexibility index (Phi) is 6.33. The van der Waals surface area contributed by atoms with E-state index in [0.717, 1.165) is 19.6 Å². The number of hydrogen-bond acceptors (Lipinski definition) is 4. The molecule has 2 amide bonds. The summed E-state index contributed by atoms with van der Waals surface area (Å²) in [4.78, 5) is 33.0. The molecule has 6 heteroatoms. The molecule has 27 heavy (non-hydrogen) atoms. The highest BCUT2D eigenvalue weighted by Gasteiger charge is 2.23. The molecule has 1 aromatic heterocycles. The second kappa shape index (κ2) is 9.09. The smallest absolute Gasteiger partial charge is 0.255 e. The van der Waals surface area contributed by atoms with E-state index in [1.807, 2.05) is 23.1 Å². The zero-order valence-corrected chi connectivity index (χ0v) is 15.3. The minimum absolute atomic E-state index is 0.0831. The lowest BCUT2D eigenvalue weighted by atomic mass is 10.1. The highest BCUT2D eigenvalue weighted by molar-refractivity contribution is 5.99. The summed E-state index contributed by atoms with van der Waals surface area (Å²) in [5.74, 6) is -0.343. The van der Waals surface area contributed by atoms with Crippen molar-refractivity contribution < 1.29 is 9.59 Å². The topological polar surface area (TPSA) is 65.5 Å². The van der Waals surface area contributed by atoms with Crippen LogP contribution in [0.2, 0.25) is 0 Å². The first-order valence-corrected chi connectivity index (χ1v) is 9.07. The summed E-state index contributed by atoms with van der Waals surface area (Å²) < 4.78 is 0. The predicted octanol–water partition coefficient (Wildman–Crippen LogP) is 1.96. The predicted molar refractivity (Wildman–Crippen MR) is 104 cm³/mol. The number of carbonyl (C=O) groups is 2. The van der Waals surface area contributed by atoms with Gasteiger partial charge < -0.3 is 10.2 Å². The van der Waals surface area contributed by atoms with Gasteiger partial charge in [0.2, 0.25) is 0 Å². The molecule has 3 rings (SSSR count). The molecule has 1 aliphatic rings. The van der Waals surface area contributed by atoms with Crippen LogP contribution in [0, 0.1) is 0 Å². The fourth-order valence-corrected chi connectivity index (χ4v) is 3.08. The first-order chi connectivity index (χ1) is 13.2. The standard InChI is InChI=1S/C21H24N4O2/c1-2-8-23-20(26)18-13-19(15-22-14-18)21(27)25-11-9-24(10-12-25)16-17-6-4-3-5-7-17/h2-7,13-15H,1,8-12,16H2,(H,23,26). The average Bonchev–Trinajstić information content (AvgIpc) is 2.73. The van der Waals surface area contributed by atoms with Crippen molar-refractivity contribution in [1.82, 2.24) is 20.1 Å². The van der Waals surface area contributed by atoms with Gasteiger partial charge in [-0.05, 0) is 11.6 Å². The van der Waals surface area contributed by atoms with Gasteiger partial charge in [-0.15, -0.1) is 6.58 Å². The number of carbonyl (C=O) groups excluding carboxylic acids is 2. The molecular formula is C21H24N4O2. The van der Waals surface area contributed by atoms with Gasteiger partial charge in [0.25, 0.3) is 11.8 Å². The van der Waals surface area contributed by atoms with E-state index in [1.54, 1.807) is 12.1 Å². The van der Waals surface area contributed by atoms with E-state index in [-0.39, 0.29) is 11.8 Å². The molecule has 1 fully saturated rings. The Morgan fingerprint density at radius 2 is 1.78 bits per heavy atom. The Hall–Kier alpha value is -2.99. The van der Waals surface area contributed by atoms with Crippen LogP contribution in [0.25, 0.3) is 0 Å². The van der Waals surface area contributed by atoms with Crippen molar-refractivity contribution >= 4 is 11.8 Å². The Bertz CT molecular complexity index is 799. The number of benzene rings is 1. The maximum atomic E-state index is 12.8. The summed E-state index contributed by atoms with van der Waals surface area (Å²) in [7, 11) is 0. The van der Waals surface area contributed by atoms with Crippen LogP contribution in [-0.4, -0.2) is 59.3 Å². The summed E-state index contributed by atoms with van der Waals surface area (Å²) in [6.07, 6.45) is 4.59. The molecule has 0 bridgehead atoms. The minimum atomic E-state index is -0.260. The van der Waals surface area contributed by atoms with Crippen LogP contribution < -0.4 is 5.32 Å². The van der Waals surface area contributed by atoms with E-state index in [9.17, 15) is 9.59 Å². The summed E-state index contributed by atoms with van der Waals surface area (Å²) in [6, 6.07) is 11.9. The first-order valence-electron chi connectivity index (χ1n) is 9.07.